The molecule has 2 aromatic rings. The second-order valence-corrected chi connectivity index (χ2v) is 7.63. The van der Waals surface area contributed by atoms with E-state index < -0.39 is 29.7 Å². The molecule has 0 aliphatic carbocycles. The zero-order chi connectivity index (χ0) is 19.8. The molecule has 2 aromatic heterocycles. The van der Waals surface area contributed by atoms with E-state index in [1.54, 1.807) is 27.0 Å². The third kappa shape index (κ3) is 3.88. The maximum absolute atomic E-state index is 11.7. The van der Waals surface area contributed by atoms with Gasteiger partial charge in [0.1, 0.15) is 17.9 Å². The molecule has 1 aliphatic heterocycles. The van der Waals surface area contributed by atoms with Crippen molar-refractivity contribution in [2.24, 2.45) is 5.41 Å². The minimum Gasteiger partial charge on any atom is -0.438 e. The number of ether oxygens (including phenoxy) is 2. The molecular weight excluding hydrogens is 354 g/mol. The molecule has 0 saturated carbocycles. The number of nitrogen functional groups attached to an aromatic ring is 1. The van der Waals surface area contributed by atoms with Crippen LogP contribution in [-0.4, -0.2) is 62.8 Å². The lowest BCUT2D eigenvalue weighted by Crippen LogP contribution is -2.37. The Morgan fingerprint density at radius 2 is 2.04 bits per heavy atom. The van der Waals surface area contributed by atoms with Gasteiger partial charge < -0.3 is 35.7 Å². The van der Waals surface area contributed by atoms with E-state index in [4.69, 9.17) is 15.2 Å². The number of aliphatic hydroxyl groups excluding tert-OH is 2. The Kier molecular flexibility index (Phi) is 5.33. The van der Waals surface area contributed by atoms with Gasteiger partial charge >= 0.3 is 5.97 Å². The van der Waals surface area contributed by atoms with Gasteiger partial charge in [-0.15, -0.1) is 0 Å². The lowest BCUT2D eigenvalue weighted by molar-refractivity contribution is -0.166. The van der Waals surface area contributed by atoms with E-state index in [0.29, 0.717) is 22.4 Å². The average Bonchev–Trinajstić information content (AvgIpc) is 3.14. The number of esters is 1. The van der Waals surface area contributed by atoms with Crippen molar-refractivity contribution in [3.8, 4) is 0 Å². The van der Waals surface area contributed by atoms with Crippen LogP contribution >= 0.6 is 0 Å². The molecule has 4 atom stereocenters. The summed E-state index contributed by atoms with van der Waals surface area (Å²) in [5.41, 5.74) is 7.02. The van der Waals surface area contributed by atoms with Gasteiger partial charge in [0.05, 0.1) is 35.7 Å². The van der Waals surface area contributed by atoms with Crippen molar-refractivity contribution in [2.45, 2.75) is 45.1 Å². The third-order valence-electron chi connectivity index (χ3n) is 4.54. The van der Waals surface area contributed by atoms with Crippen LogP contribution in [0.5, 0.6) is 0 Å². The molecule has 0 spiro atoms. The van der Waals surface area contributed by atoms with E-state index in [2.05, 4.69) is 20.3 Å². The van der Waals surface area contributed by atoms with Crippen LogP contribution in [0, 0.1) is 5.41 Å². The third-order valence-corrected chi connectivity index (χ3v) is 4.54. The summed E-state index contributed by atoms with van der Waals surface area (Å²) < 4.78 is 10.4. The van der Waals surface area contributed by atoms with E-state index in [1.807, 2.05) is 0 Å². The van der Waals surface area contributed by atoms with Crippen molar-refractivity contribution in [3.05, 3.63) is 18.1 Å². The first kappa shape index (κ1) is 19.5. The van der Waals surface area contributed by atoms with Crippen LogP contribution in [0.25, 0.3) is 11.0 Å². The first-order chi connectivity index (χ1) is 12.7. The molecule has 0 aromatic carbocycles. The van der Waals surface area contributed by atoms with Crippen molar-refractivity contribution in [1.82, 2.24) is 20.3 Å². The number of nitrogens with one attached hydrogen (secondary N) is 2. The van der Waals surface area contributed by atoms with Crippen LogP contribution in [0.3, 0.4) is 0 Å². The van der Waals surface area contributed by atoms with Crippen molar-refractivity contribution >= 4 is 22.8 Å². The predicted molar refractivity (Wildman–Crippen MR) is 96.3 cm³/mol. The van der Waals surface area contributed by atoms with Crippen LogP contribution in [0.4, 0.5) is 5.82 Å². The van der Waals surface area contributed by atoms with Gasteiger partial charge in [0.15, 0.2) is 12.6 Å². The lowest BCUT2D eigenvalue weighted by atomic mass is 9.98. The van der Waals surface area contributed by atoms with E-state index in [1.165, 1.54) is 6.33 Å². The number of carbonyl (C=O) groups is 1. The smallest absolute Gasteiger partial charge is 0.313 e. The zero-order valence-electron chi connectivity index (χ0n) is 15.5. The Labute approximate surface area is 156 Å². The van der Waals surface area contributed by atoms with Gasteiger partial charge in [-0.25, -0.2) is 9.97 Å². The van der Waals surface area contributed by atoms with Crippen LogP contribution < -0.4 is 11.1 Å². The van der Waals surface area contributed by atoms with E-state index >= 15 is 0 Å². The number of nitrogens with two attached hydrogens (primary N) is 1. The fraction of sp³-hybridized carbons (Fsp3) is 0.588. The number of H-pyrrole nitrogens is 1. The summed E-state index contributed by atoms with van der Waals surface area (Å²) in [7, 11) is 0. The highest BCUT2D eigenvalue weighted by molar-refractivity contribution is 5.87. The fourth-order valence-electron chi connectivity index (χ4n) is 2.99. The van der Waals surface area contributed by atoms with Gasteiger partial charge in [-0.2, -0.15) is 0 Å². The Hall–Kier alpha value is -2.27. The molecular formula is C17H25N5O5. The zero-order valence-corrected chi connectivity index (χ0v) is 15.5. The first-order valence-electron chi connectivity index (χ1n) is 8.64. The number of rotatable bonds is 5. The van der Waals surface area contributed by atoms with Crippen molar-refractivity contribution in [1.29, 1.82) is 0 Å². The molecule has 0 radical (unpaired) electrons. The van der Waals surface area contributed by atoms with Gasteiger partial charge in [0, 0.05) is 11.8 Å². The number of nitrogens with zero attached hydrogens (tertiary/aromatic N) is 2. The number of hydrogen-bond donors (Lipinski definition) is 5. The monoisotopic (exact) mass is 379 g/mol. The molecule has 1 fully saturated rings. The second-order valence-electron chi connectivity index (χ2n) is 7.63. The minimum absolute atomic E-state index is 0.0611. The van der Waals surface area contributed by atoms with Crippen LogP contribution in [0.2, 0.25) is 0 Å². The van der Waals surface area contributed by atoms with Gasteiger partial charge in [-0.3, -0.25) is 4.79 Å². The van der Waals surface area contributed by atoms with Crippen LogP contribution in [0.1, 0.15) is 32.4 Å². The van der Waals surface area contributed by atoms with E-state index in [0.717, 1.165) is 0 Å². The molecule has 3 heterocycles. The minimum atomic E-state index is -1.06. The molecule has 6 N–H and O–H groups in total. The number of aliphatic hydroxyl groups is 2. The standard InChI is InChI=1S/C17H25N5O5/c1-17(2,3)16(25)27-7-26-5-9-13(23)14(24)11(22-9)8-4-19-12-10(8)20-6-21-15(12)18/h4,6,9,11,13-14,19,22-24H,5,7H2,1-3H3,(H2,18,20,21)/t9-,11+,13-,14+/m1/s1. The molecule has 0 bridgehead atoms. The number of anilines is 1. The summed E-state index contributed by atoms with van der Waals surface area (Å²) >= 11 is 0. The molecule has 27 heavy (non-hydrogen) atoms. The maximum atomic E-state index is 11.7. The summed E-state index contributed by atoms with van der Waals surface area (Å²) in [6.07, 6.45) is 0.901. The molecule has 148 valence electrons. The number of fused-ring (bicyclic) bond motifs is 1. The van der Waals surface area contributed by atoms with E-state index in [-0.39, 0.29) is 19.4 Å². The van der Waals surface area contributed by atoms with Crippen LogP contribution in [0.15, 0.2) is 12.5 Å². The molecule has 0 amide bonds. The number of aromatic amines is 1. The Balaban J connectivity index is 1.62. The molecule has 10 heteroatoms. The molecule has 1 aliphatic rings. The quantitative estimate of drug-likeness (QED) is 0.270. The van der Waals surface area contributed by atoms with Gasteiger partial charge in [-0.05, 0) is 20.8 Å². The van der Waals surface area contributed by atoms with Gasteiger partial charge in [0.25, 0.3) is 0 Å². The van der Waals surface area contributed by atoms with Gasteiger partial charge in [0.2, 0.25) is 0 Å². The maximum Gasteiger partial charge on any atom is 0.313 e. The molecule has 0 unspecified atom stereocenters. The molecule has 10 nitrogen and oxygen atoms in total. The van der Waals surface area contributed by atoms with Crippen molar-refractivity contribution in [2.75, 3.05) is 19.1 Å². The van der Waals surface area contributed by atoms with Crippen molar-refractivity contribution in [3.63, 3.8) is 0 Å². The van der Waals surface area contributed by atoms with Crippen LogP contribution in [-0.2, 0) is 14.3 Å². The number of carbonyl (C=O) groups excluding carboxylic acids is 1. The Bertz CT molecular complexity index is 818. The van der Waals surface area contributed by atoms with Crippen molar-refractivity contribution < 1.29 is 24.5 Å². The fourth-order valence-corrected chi connectivity index (χ4v) is 2.99. The SMILES string of the molecule is CC(C)(C)C(=O)OCOC[C@H]1N[C@@H](c2c[nH]c3c(N)ncnc23)[C@H](O)[C@@H]1O. The number of hydrogen-bond acceptors (Lipinski definition) is 9. The molecule has 1 saturated heterocycles. The molecule has 3 rings (SSSR count). The van der Waals surface area contributed by atoms with E-state index in [9.17, 15) is 15.0 Å². The van der Waals surface area contributed by atoms with Gasteiger partial charge in [-0.1, -0.05) is 0 Å². The summed E-state index contributed by atoms with van der Waals surface area (Å²) in [5.74, 6) is -0.0729. The second kappa shape index (κ2) is 7.39. The Morgan fingerprint density at radius 3 is 2.74 bits per heavy atom. The first-order valence-corrected chi connectivity index (χ1v) is 8.64. The summed E-state index contributed by atoms with van der Waals surface area (Å²) in [6.45, 7) is 5.08. The average molecular weight is 379 g/mol. The highest BCUT2D eigenvalue weighted by atomic mass is 16.7. The normalized spacial score (nSPS) is 25.8. The highest BCUT2D eigenvalue weighted by Crippen LogP contribution is 2.32. The largest absolute Gasteiger partial charge is 0.438 e. The summed E-state index contributed by atoms with van der Waals surface area (Å²) in [6, 6.07) is -1.10. The predicted octanol–water partition coefficient (Wildman–Crippen LogP) is -0.162. The lowest BCUT2D eigenvalue weighted by Gasteiger charge is -2.18. The topological polar surface area (TPSA) is 156 Å². The Morgan fingerprint density at radius 1 is 1.30 bits per heavy atom. The highest BCUT2D eigenvalue weighted by Gasteiger charge is 2.43. The number of aromatic nitrogens is 3. The summed E-state index contributed by atoms with van der Waals surface area (Å²) in [5, 5.41) is 23.9. The summed E-state index contributed by atoms with van der Waals surface area (Å²) in [4.78, 5) is 22.8.